The molecule has 1 aromatic carbocycles. The van der Waals surface area contributed by atoms with Gasteiger partial charge >= 0.3 is 0 Å². The van der Waals surface area contributed by atoms with Gasteiger partial charge in [0.05, 0.1) is 12.6 Å². The van der Waals surface area contributed by atoms with Crippen molar-refractivity contribution in [1.29, 1.82) is 0 Å². The van der Waals surface area contributed by atoms with Crippen LogP contribution in [-0.2, 0) is 0 Å². The molecule has 1 unspecified atom stereocenters. The minimum atomic E-state index is -0.198. The van der Waals surface area contributed by atoms with Crippen molar-refractivity contribution in [3.05, 3.63) is 34.9 Å². The second-order valence-corrected chi connectivity index (χ2v) is 3.84. The van der Waals surface area contributed by atoms with E-state index in [1.54, 1.807) is 0 Å². The van der Waals surface area contributed by atoms with E-state index in [1.165, 1.54) is 0 Å². The van der Waals surface area contributed by atoms with Gasteiger partial charge in [0.25, 0.3) is 0 Å². The molecule has 1 aliphatic rings. The monoisotopic (exact) mass is 213 g/mol. The van der Waals surface area contributed by atoms with Gasteiger partial charge in [0.15, 0.2) is 0 Å². The van der Waals surface area contributed by atoms with Gasteiger partial charge in [-0.15, -0.1) is 6.42 Å². The molecule has 2 rings (SSSR count). The summed E-state index contributed by atoms with van der Waals surface area (Å²) in [5, 5.41) is 3.19. The maximum atomic E-state index is 6.16. The van der Waals surface area contributed by atoms with E-state index in [9.17, 15) is 0 Å². The van der Waals surface area contributed by atoms with Crippen LogP contribution >= 0.6 is 0 Å². The highest BCUT2D eigenvalue weighted by molar-refractivity contribution is 5.90. The zero-order valence-corrected chi connectivity index (χ0v) is 9.33. The summed E-state index contributed by atoms with van der Waals surface area (Å²) < 4.78 is 0. The highest BCUT2D eigenvalue weighted by Crippen LogP contribution is 2.20. The number of terminal acetylenes is 1. The van der Waals surface area contributed by atoms with Crippen LogP contribution in [0.3, 0.4) is 0 Å². The molecular formula is C13H15N3. The van der Waals surface area contributed by atoms with Crippen LogP contribution in [0.2, 0.25) is 0 Å². The molecule has 0 fully saturated rings. The van der Waals surface area contributed by atoms with Crippen LogP contribution in [0.15, 0.2) is 23.2 Å². The standard InChI is InChI=1S/C13H15N3/c1-3-10-5-4-6-11(9(10)2)12(14)13-15-7-8-16-13/h1,4-6,12H,7-8,14H2,2H3,(H,15,16). The zero-order valence-electron chi connectivity index (χ0n) is 9.33. The van der Waals surface area contributed by atoms with E-state index in [2.05, 4.69) is 16.2 Å². The highest BCUT2D eigenvalue weighted by atomic mass is 15.1. The van der Waals surface area contributed by atoms with E-state index < -0.39 is 0 Å². The second kappa shape index (κ2) is 4.38. The van der Waals surface area contributed by atoms with Crippen molar-refractivity contribution in [2.24, 2.45) is 10.7 Å². The molecule has 82 valence electrons. The molecule has 0 spiro atoms. The summed E-state index contributed by atoms with van der Waals surface area (Å²) in [5.41, 5.74) is 9.17. The van der Waals surface area contributed by atoms with Gasteiger partial charge in [-0.05, 0) is 24.1 Å². The second-order valence-electron chi connectivity index (χ2n) is 3.84. The van der Waals surface area contributed by atoms with Crippen molar-refractivity contribution >= 4 is 5.84 Å². The predicted octanol–water partition coefficient (Wildman–Crippen LogP) is 0.978. The van der Waals surface area contributed by atoms with Crippen molar-refractivity contribution in [2.45, 2.75) is 13.0 Å². The molecule has 1 aromatic rings. The molecule has 16 heavy (non-hydrogen) atoms. The summed E-state index contributed by atoms with van der Waals surface area (Å²) in [6, 6.07) is 5.67. The van der Waals surface area contributed by atoms with E-state index in [1.807, 2.05) is 25.1 Å². The topological polar surface area (TPSA) is 50.4 Å². The summed E-state index contributed by atoms with van der Waals surface area (Å²) in [6.45, 7) is 3.67. The smallest absolute Gasteiger partial charge is 0.118 e. The molecule has 0 saturated carbocycles. The molecule has 0 aliphatic carbocycles. The molecule has 3 heteroatoms. The first-order valence-corrected chi connectivity index (χ1v) is 5.34. The van der Waals surface area contributed by atoms with E-state index in [-0.39, 0.29) is 6.04 Å². The summed E-state index contributed by atoms with van der Waals surface area (Å²) in [7, 11) is 0. The molecule has 0 saturated heterocycles. The average molecular weight is 213 g/mol. The van der Waals surface area contributed by atoms with Gasteiger partial charge in [0.2, 0.25) is 0 Å². The largest absolute Gasteiger partial charge is 0.370 e. The van der Waals surface area contributed by atoms with Gasteiger partial charge in [0.1, 0.15) is 5.84 Å². The molecule has 1 heterocycles. The van der Waals surface area contributed by atoms with Crippen molar-refractivity contribution in [3.8, 4) is 12.3 Å². The molecule has 0 amide bonds. The SMILES string of the molecule is C#Cc1cccc(C(N)C2=NCCN2)c1C. The molecular weight excluding hydrogens is 198 g/mol. The lowest BCUT2D eigenvalue weighted by molar-refractivity contribution is 0.886. The number of rotatable bonds is 2. The van der Waals surface area contributed by atoms with Crippen LogP contribution in [0, 0.1) is 19.3 Å². The average Bonchev–Trinajstić information content (AvgIpc) is 2.82. The van der Waals surface area contributed by atoms with Crippen molar-refractivity contribution in [3.63, 3.8) is 0 Å². The first kappa shape index (κ1) is 10.7. The summed E-state index contributed by atoms with van der Waals surface area (Å²) in [6.07, 6.45) is 5.44. The number of nitrogens with one attached hydrogen (secondary N) is 1. The number of hydrogen-bond donors (Lipinski definition) is 2. The maximum absolute atomic E-state index is 6.16. The van der Waals surface area contributed by atoms with Gasteiger partial charge in [0, 0.05) is 12.1 Å². The third-order valence-electron chi connectivity index (χ3n) is 2.86. The van der Waals surface area contributed by atoms with Gasteiger partial charge < -0.3 is 11.1 Å². The zero-order chi connectivity index (χ0) is 11.5. The first-order chi connectivity index (χ1) is 7.74. The third kappa shape index (κ3) is 1.80. The van der Waals surface area contributed by atoms with Crippen LogP contribution in [0.1, 0.15) is 22.7 Å². The number of benzene rings is 1. The summed E-state index contributed by atoms with van der Waals surface area (Å²) >= 11 is 0. The molecule has 0 radical (unpaired) electrons. The van der Waals surface area contributed by atoms with E-state index in [4.69, 9.17) is 12.2 Å². The fourth-order valence-corrected chi connectivity index (χ4v) is 1.92. The summed E-state index contributed by atoms with van der Waals surface area (Å²) in [4.78, 5) is 4.34. The minimum Gasteiger partial charge on any atom is -0.370 e. The molecule has 3 nitrogen and oxygen atoms in total. The lowest BCUT2D eigenvalue weighted by Crippen LogP contribution is -2.31. The van der Waals surface area contributed by atoms with Crippen LogP contribution in [0.4, 0.5) is 0 Å². The van der Waals surface area contributed by atoms with E-state index in [0.29, 0.717) is 0 Å². The Hall–Kier alpha value is -1.79. The third-order valence-corrected chi connectivity index (χ3v) is 2.86. The van der Waals surface area contributed by atoms with Crippen LogP contribution in [0.25, 0.3) is 0 Å². The lowest BCUT2D eigenvalue weighted by atomic mass is 9.97. The van der Waals surface area contributed by atoms with Gasteiger partial charge in [-0.1, -0.05) is 18.1 Å². The van der Waals surface area contributed by atoms with Crippen LogP contribution < -0.4 is 11.1 Å². The van der Waals surface area contributed by atoms with Crippen LogP contribution in [-0.4, -0.2) is 18.9 Å². The Labute approximate surface area is 95.8 Å². The number of hydrogen-bond acceptors (Lipinski definition) is 3. The maximum Gasteiger partial charge on any atom is 0.118 e. The Kier molecular flexibility index (Phi) is 2.93. The molecule has 0 bridgehead atoms. The van der Waals surface area contributed by atoms with Crippen molar-refractivity contribution < 1.29 is 0 Å². The number of nitrogens with zero attached hydrogens (tertiary/aromatic N) is 1. The van der Waals surface area contributed by atoms with E-state index in [0.717, 1.165) is 35.6 Å². The van der Waals surface area contributed by atoms with Gasteiger partial charge in [-0.25, -0.2) is 0 Å². The Morgan fingerprint density at radius 3 is 3.00 bits per heavy atom. The van der Waals surface area contributed by atoms with Crippen molar-refractivity contribution in [2.75, 3.05) is 13.1 Å². The number of nitrogens with two attached hydrogens (primary N) is 1. The Bertz CT molecular complexity index is 469. The quantitative estimate of drug-likeness (QED) is 0.719. The first-order valence-electron chi connectivity index (χ1n) is 5.34. The van der Waals surface area contributed by atoms with Gasteiger partial charge in [-0.3, -0.25) is 4.99 Å². The molecule has 1 atom stereocenters. The fourth-order valence-electron chi connectivity index (χ4n) is 1.92. The van der Waals surface area contributed by atoms with E-state index >= 15 is 0 Å². The number of aliphatic imine (C=N–C) groups is 1. The van der Waals surface area contributed by atoms with Crippen LogP contribution in [0.5, 0.6) is 0 Å². The van der Waals surface area contributed by atoms with Gasteiger partial charge in [-0.2, -0.15) is 0 Å². The lowest BCUT2D eigenvalue weighted by Gasteiger charge is -2.16. The Morgan fingerprint density at radius 1 is 1.56 bits per heavy atom. The Balaban J connectivity index is 2.37. The number of amidine groups is 1. The Morgan fingerprint density at radius 2 is 2.38 bits per heavy atom. The predicted molar refractivity (Wildman–Crippen MR) is 66.3 cm³/mol. The minimum absolute atomic E-state index is 0.198. The van der Waals surface area contributed by atoms with Crippen molar-refractivity contribution in [1.82, 2.24) is 5.32 Å². The fraction of sp³-hybridized carbons (Fsp3) is 0.308. The summed E-state index contributed by atoms with van der Waals surface area (Å²) in [5.74, 6) is 3.52. The molecule has 1 aliphatic heterocycles. The molecule has 0 aromatic heterocycles. The molecule has 3 N–H and O–H groups in total. The normalized spacial score (nSPS) is 16.2. The highest BCUT2D eigenvalue weighted by Gasteiger charge is 2.18.